The van der Waals surface area contributed by atoms with Crippen LogP contribution in [0.15, 0.2) is 0 Å². The summed E-state index contributed by atoms with van der Waals surface area (Å²) >= 11 is 1.43. The molecule has 0 bridgehead atoms. The molecule has 1 heterocycles. The van der Waals surface area contributed by atoms with Crippen molar-refractivity contribution in [3.8, 4) is 5.19 Å². The first kappa shape index (κ1) is 8.45. The number of nitrogens with zero attached hydrogens (tertiary/aromatic N) is 1. The monoisotopic (exact) mass is 174 g/mol. The number of hydrogen-bond acceptors (Lipinski definition) is 5. The van der Waals surface area contributed by atoms with Crippen LogP contribution in [0.3, 0.4) is 0 Å². The second-order valence-corrected chi connectivity index (χ2v) is 3.07. The third kappa shape index (κ3) is 1.89. The molecule has 0 fully saturated rings. The molecule has 62 valence electrons. The van der Waals surface area contributed by atoms with Crippen LogP contribution >= 0.6 is 11.3 Å². The highest BCUT2D eigenvalue weighted by atomic mass is 32.1. The van der Waals surface area contributed by atoms with Crippen molar-refractivity contribution in [2.45, 2.75) is 13.5 Å². The van der Waals surface area contributed by atoms with Gasteiger partial charge in [-0.15, -0.1) is 0 Å². The molecule has 1 aromatic heterocycles. The summed E-state index contributed by atoms with van der Waals surface area (Å²) in [7, 11) is 1.58. The number of hydrogen-bond donors (Lipinski definition) is 2. The standard InChI is InChI=1S/C6H10N2O2S/c1-4-5(3-7-9)11-6(8-4)10-2/h7,9H,3H2,1-2H3. The molecule has 0 atom stereocenters. The average molecular weight is 174 g/mol. The van der Waals surface area contributed by atoms with E-state index < -0.39 is 0 Å². The molecule has 0 aliphatic rings. The Labute approximate surface area is 68.8 Å². The molecule has 1 rings (SSSR count). The molecule has 0 aliphatic heterocycles. The Kier molecular flexibility index (Phi) is 2.81. The van der Waals surface area contributed by atoms with Gasteiger partial charge in [0.15, 0.2) is 0 Å². The maximum absolute atomic E-state index is 8.41. The molecule has 0 aromatic carbocycles. The van der Waals surface area contributed by atoms with Crippen molar-refractivity contribution in [1.29, 1.82) is 0 Å². The van der Waals surface area contributed by atoms with Crippen LogP contribution < -0.4 is 10.2 Å². The van der Waals surface area contributed by atoms with Crippen molar-refractivity contribution in [3.63, 3.8) is 0 Å². The molecule has 0 saturated heterocycles. The number of nitrogens with one attached hydrogen (secondary N) is 1. The summed E-state index contributed by atoms with van der Waals surface area (Å²) in [5.74, 6) is 0. The molecular weight excluding hydrogens is 164 g/mol. The minimum absolute atomic E-state index is 0.423. The van der Waals surface area contributed by atoms with Crippen LogP contribution in [-0.4, -0.2) is 17.3 Å². The third-order valence-electron chi connectivity index (χ3n) is 1.29. The van der Waals surface area contributed by atoms with Gasteiger partial charge in [-0.3, -0.25) is 0 Å². The Balaban J connectivity index is 2.79. The largest absolute Gasteiger partial charge is 0.473 e. The maximum atomic E-state index is 8.41. The number of aromatic nitrogens is 1. The maximum Gasteiger partial charge on any atom is 0.273 e. The summed E-state index contributed by atoms with van der Waals surface area (Å²) in [6.45, 7) is 2.30. The minimum atomic E-state index is 0.423. The van der Waals surface area contributed by atoms with Crippen molar-refractivity contribution >= 4 is 11.3 Å². The highest BCUT2D eigenvalue weighted by Crippen LogP contribution is 2.23. The first-order valence-electron chi connectivity index (χ1n) is 3.15. The third-order valence-corrected chi connectivity index (χ3v) is 2.41. The highest BCUT2D eigenvalue weighted by molar-refractivity contribution is 7.13. The van der Waals surface area contributed by atoms with Crippen LogP contribution in [0, 0.1) is 6.92 Å². The van der Waals surface area contributed by atoms with Crippen LogP contribution in [-0.2, 0) is 6.54 Å². The molecule has 1 aromatic rings. The van der Waals surface area contributed by atoms with Gasteiger partial charge in [0.2, 0.25) is 0 Å². The predicted molar refractivity (Wildman–Crippen MR) is 42.0 cm³/mol. The predicted octanol–water partition coefficient (Wildman–Crippen LogP) is 0.939. The number of ether oxygens (including phenoxy) is 1. The lowest BCUT2D eigenvalue weighted by atomic mass is 10.4. The average Bonchev–Trinajstić information content (AvgIpc) is 2.33. The Morgan fingerprint density at radius 3 is 2.91 bits per heavy atom. The van der Waals surface area contributed by atoms with Gasteiger partial charge in [-0.05, 0) is 6.92 Å². The topological polar surface area (TPSA) is 54.4 Å². The number of rotatable bonds is 3. The van der Waals surface area contributed by atoms with E-state index in [9.17, 15) is 0 Å². The van der Waals surface area contributed by atoms with Gasteiger partial charge in [0.25, 0.3) is 5.19 Å². The van der Waals surface area contributed by atoms with Gasteiger partial charge in [-0.25, -0.2) is 10.5 Å². The Morgan fingerprint density at radius 2 is 2.45 bits per heavy atom. The van der Waals surface area contributed by atoms with E-state index in [4.69, 9.17) is 9.94 Å². The molecular formula is C6H10N2O2S. The zero-order valence-electron chi connectivity index (χ0n) is 6.42. The molecule has 5 heteroatoms. The van der Waals surface area contributed by atoms with Crippen molar-refractivity contribution in [1.82, 2.24) is 10.5 Å². The van der Waals surface area contributed by atoms with E-state index in [1.54, 1.807) is 7.11 Å². The van der Waals surface area contributed by atoms with Gasteiger partial charge >= 0.3 is 0 Å². The molecule has 0 saturated carbocycles. The lowest BCUT2D eigenvalue weighted by Gasteiger charge is -1.91. The van der Waals surface area contributed by atoms with E-state index in [1.807, 2.05) is 6.92 Å². The zero-order valence-corrected chi connectivity index (χ0v) is 7.23. The van der Waals surface area contributed by atoms with Gasteiger partial charge in [0, 0.05) is 4.88 Å². The molecule has 0 spiro atoms. The van der Waals surface area contributed by atoms with Crippen LogP contribution in [0.4, 0.5) is 0 Å². The molecule has 0 amide bonds. The van der Waals surface area contributed by atoms with Crippen molar-refractivity contribution < 1.29 is 9.94 Å². The van der Waals surface area contributed by atoms with Gasteiger partial charge in [-0.1, -0.05) is 11.3 Å². The van der Waals surface area contributed by atoms with E-state index in [0.29, 0.717) is 11.7 Å². The van der Waals surface area contributed by atoms with E-state index in [1.165, 1.54) is 11.3 Å². The van der Waals surface area contributed by atoms with Gasteiger partial charge < -0.3 is 9.94 Å². The number of methoxy groups -OCH3 is 1. The fourth-order valence-corrected chi connectivity index (χ4v) is 1.53. The van der Waals surface area contributed by atoms with Gasteiger partial charge in [-0.2, -0.15) is 0 Å². The fourth-order valence-electron chi connectivity index (χ4n) is 0.724. The normalized spacial score (nSPS) is 10.1. The minimum Gasteiger partial charge on any atom is -0.473 e. The van der Waals surface area contributed by atoms with Crippen LogP contribution in [0.5, 0.6) is 5.19 Å². The SMILES string of the molecule is COc1nc(C)c(CNO)s1. The Hall–Kier alpha value is -0.650. The number of hydroxylamine groups is 1. The van der Waals surface area contributed by atoms with Gasteiger partial charge in [0.1, 0.15) is 0 Å². The molecule has 0 unspecified atom stereocenters. The van der Waals surface area contributed by atoms with Gasteiger partial charge in [0.05, 0.1) is 19.3 Å². The van der Waals surface area contributed by atoms with Crippen molar-refractivity contribution in [3.05, 3.63) is 10.6 Å². The lowest BCUT2D eigenvalue weighted by Crippen LogP contribution is -2.05. The Morgan fingerprint density at radius 1 is 1.73 bits per heavy atom. The first-order valence-corrected chi connectivity index (χ1v) is 3.97. The van der Waals surface area contributed by atoms with E-state index in [0.717, 1.165) is 10.6 Å². The van der Waals surface area contributed by atoms with E-state index in [-0.39, 0.29) is 0 Å². The summed E-state index contributed by atoms with van der Waals surface area (Å²) < 4.78 is 4.92. The number of thiazole rings is 1. The van der Waals surface area contributed by atoms with Crippen molar-refractivity contribution in [2.24, 2.45) is 0 Å². The molecule has 2 N–H and O–H groups in total. The second-order valence-electron chi connectivity index (χ2n) is 2.03. The summed E-state index contributed by atoms with van der Waals surface area (Å²) in [6.07, 6.45) is 0. The molecule has 4 nitrogen and oxygen atoms in total. The summed E-state index contributed by atoms with van der Waals surface area (Å²) in [5.41, 5.74) is 2.97. The van der Waals surface area contributed by atoms with Crippen LogP contribution in [0.25, 0.3) is 0 Å². The van der Waals surface area contributed by atoms with E-state index in [2.05, 4.69) is 10.5 Å². The highest BCUT2D eigenvalue weighted by Gasteiger charge is 2.05. The molecule has 0 aliphatic carbocycles. The second kappa shape index (κ2) is 3.66. The Bertz CT molecular complexity index is 236. The smallest absolute Gasteiger partial charge is 0.273 e. The van der Waals surface area contributed by atoms with Crippen LogP contribution in [0.1, 0.15) is 10.6 Å². The zero-order chi connectivity index (χ0) is 8.27. The summed E-state index contributed by atoms with van der Waals surface area (Å²) in [5, 5.41) is 9.05. The van der Waals surface area contributed by atoms with Crippen molar-refractivity contribution in [2.75, 3.05) is 7.11 Å². The molecule has 11 heavy (non-hydrogen) atoms. The van der Waals surface area contributed by atoms with Crippen LogP contribution in [0.2, 0.25) is 0 Å². The molecule has 0 radical (unpaired) electrons. The lowest BCUT2D eigenvalue weighted by molar-refractivity contribution is 0.162. The summed E-state index contributed by atoms with van der Waals surface area (Å²) in [6, 6.07) is 0. The first-order chi connectivity index (χ1) is 5.27. The summed E-state index contributed by atoms with van der Waals surface area (Å²) in [4.78, 5) is 5.08. The number of aryl methyl sites for hydroxylation is 1. The quantitative estimate of drug-likeness (QED) is 0.669. The fraction of sp³-hybridized carbons (Fsp3) is 0.500. The van der Waals surface area contributed by atoms with E-state index >= 15 is 0 Å².